The van der Waals surface area contributed by atoms with Crippen LogP contribution >= 0.6 is 11.3 Å². The fourth-order valence-electron chi connectivity index (χ4n) is 2.87. The molecule has 0 saturated carbocycles. The van der Waals surface area contributed by atoms with Gasteiger partial charge < -0.3 is 5.32 Å². The Morgan fingerprint density at radius 1 is 1.17 bits per heavy atom. The van der Waals surface area contributed by atoms with E-state index in [9.17, 15) is 22.4 Å². The number of pyridine rings is 1. The van der Waals surface area contributed by atoms with Crippen LogP contribution in [0, 0.1) is 19.7 Å². The van der Waals surface area contributed by atoms with Gasteiger partial charge in [0.25, 0.3) is 5.91 Å². The van der Waals surface area contributed by atoms with Crippen LogP contribution < -0.4 is 5.32 Å². The van der Waals surface area contributed by atoms with Crippen molar-refractivity contribution in [2.45, 2.75) is 20.0 Å². The number of carbonyl (C=O) groups is 1. The number of rotatable bonds is 3. The summed E-state index contributed by atoms with van der Waals surface area (Å²) in [5.41, 5.74) is -0.206. The van der Waals surface area contributed by atoms with Crippen molar-refractivity contribution < 1.29 is 22.4 Å². The number of nitrogens with zero attached hydrogens (tertiary/aromatic N) is 5. The molecule has 0 saturated heterocycles. The monoisotopic (exact) mass is 436 g/mol. The van der Waals surface area contributed by atoms with Gasteiger partial charge >= 0.3 is 6.18 Å². The molecule has 1 aromatic carbocycles. The van der Waals surface area contributed by atoms with Gasteiger partial charge in [-0.1, -0.05) is 0 Å². The molecule has 0 unspecified atom stereocenters. The van der Waals surface area contributed by atoms with Crippen molar-refractivity contribution in [3.63, 3.8) is 0 Å². The van der Waals surface area contributed by atoms with Gasteiger partial charge in [-0.2, -0.15) is 17.9 Å². The normalized spacial score (nSPS) is 11.8. The first-order valence-corrected chi connectivity index (χ1v) is 9.30. The van der Waals surface area contributed by atoms with Crippen molar-refractivity contribution in [3.8, 4) is 5.69 Å². The van der Waals surface area contributed by atoms with Crippen molar-refractivity contribution in [3.05, 3.63) is 58.1 Å². The molecule has 0 aliphatic heterocycles. The number of benzene rings is 1. The number of fused-ring (bicyclic) bond motifs is 1. The van der Waals surface area contributed by atoms with Gasteiger partial charge in [-0.15, -0.1) is 16.4 Å². The number of nitrogens with one attached hydrogen (secondary N) is 1. The first-order chi connectivity index (χ1) is 14.1. The summed E-state index contributed by atoms with van der Waals surface area (Å²) in [4.78, 5) is 16.7. The molecule has 0 aliphatic rings. The average molecular weight is 436 g/mol. The molecule has 3 heterocycles. The number of hydrogen-bond donors (Lipinski definition) is 1. The molecular formula is C18H12F4N6OS. The van der Waals surface area contributed by atoms with Gasteiger partial charge in [0.15, 0.2) is 5.82 Å². The number of hydrogen-bond acceptors (Lipinski definition) is 6. The molecule has 4 aromatic rings. The van der Waals surface area contributed by atoms with Crippen LogP contribution in [0.25, 0.3) is 15.9 Å². The Morgan fingerprint density at radius 3 is 2.60 bits per heavy atom. The van der Waals surface area contributed by atoms with E-state index in [0.29, 0.717) is 16.8 Å². The summed E-state index contributed by atoms with van der Waals surface area (Å²) in [6.45, 7) is 3.22. The van der Waals surface area contributed by atoms with E-state index in [1.165, 1.54) is 22.9 Å². The first kappa shape index (κ1) is 19.9. The standard InChI is InChI=1S/C18H12F4N6OS/c1-8-11-4-6-14(18(20,21)22)24-17(11)30-15(8)16(29)23-10-3-5-12(19)13(7-10)28-9(2)25-26-27-28/h3-7H,1-2H3,(H,23,29). The number of alkyl halides is 3. The van der Waals surface area contributed by atoms with Crippen LogP contribution in [0.4, 0.5) is 23.2 Å². The van der Waals surface area contributed by atoms with Crippen LogP contribution in [-0.2, 0) is 6.18 Å². The number of anilines is 1. The third-order valence-electron chi connectivity index (χ3n) is 4.36. The number of aryl methyl sites for hydroxylation is 2. The lowest BCUT2D eigenvalue weighted by atomic mass is 10.1. The molecule has 7 nitrogen and oxygen atoms in total. The Hall–Kier alpha value is -3.41. The van der Waals surface area contributed by atoms with E-state index in [1.54, 1.807) is 13.8 Å². The molecule has 4 rings (SSSR count). The number of thiophene rings is 1. The Balaban J connectivity index is 1.67. The maximum Gasteiger partial charge on any atom is 0.433 e. The molecule has 154 valence electrons. The topological polar surface area (TPSA) is 85.6 Å². The van der Waals surface area contributed by atoms with Crippen molar-refractivity contribution in [2.75, 3.05) is 5.32 Å². The molecule has 0 bridgehead atoms. The lowest BCUT2D eigenvalue weighted by molar-refractivity contribution is -0.140. The fraction of sp³-hybridized carbons (Fsp3) is 0.167. The van der Waals surface area contributed by atoms with Crippen molar-refractivity contribution in [1.29, 1.82) is 0 Å². The van der Waals surface area contributed by atoms with E-state index in [2.05, 4.69) is 25.8 Å². The zero-order valence-electron chi connectivity index (χ0n) is 15.5. The minimum atomic E-state index is -4.58. The van der Waals surface area contributed by atoms with E-state index in [0.717, 1.165) is 23.5 Å². The molecule has 1 N–H and O–H groups in total. The molecular weight excluding hydrogens is 424 g/mol. The van der Waals surface area contributed by atoms with Crippen LogP contribution in [0.2, 0.25) is 0 Å². The summed E-state index contributed by atoms with van der Waals surface area (Å²) >= 11 is 0.854. The highest BCUT2D eigenvalue weighted by atomic mass is 32.1. The Labute approximate surface area is 170 Å². The molecule has 0 aliphatic carbocycles. The summed E-state index contributed by atoms with van der Waals surface area (Å²) in [6.07, 6.45) is -4.58. The Bertz CT molecular complexity index is 1280. The van der Waals surface area contributed by atoms with Crippen LogP contribution in [0.5, 0.6) is 0 Å². The maximum atomic E-state index is 14.2. The molecule has 12 heteroatoms. The van der Waals surface area contributed by atoms with Gasteiger partial charge in [-0.05, 0) is 60.2 Å². The fourth-order valence-corrected chi connectivity index (χ4v) is 3.94. The second-order valence-corrected chi connectivity index (χ2v) is 7.36. The summed E-state index contributed by atoms with van der Waals surface area (Å²) in [6, 6.07) is 6.05. The largest absolute Gasteiger partial charge is 0.433 e. The molecule has 0 spiro atoms. The second-order valence-electron chi connectivity index (χ2n) is 6.36. The maximum absolute atomic E-state index is 14.2. The lowest BCUT2D eigenvalue weighted by Gasteiger charge is -2.08. The zero-order chi connectivity index (χ0) is 21.6. The Morgan fingerprint density at radius 2 is 1.93 bits per heavy atom. The van der Waals surface area contributed by atoms with Gasteiger partial charge in [0.1, 0.15) is 22.0 Å². The number of carbonyl (C=O) groups excluding carboxylic acids is 1. The van der Waals surface area contributed by atoms with E-state index in [-0.39, 0.29) is 21.1 Å². The van der Waals surface area contributed by atoms with Crippen molar-refractivity contribution >= 4 is 33.1 Å². The van der Waals surface area contributed by atoms with Crippen LogP contribution in [0.3, 0.4) is 0 Å². The SMILES string of the molecule is Cc1c(C(=O)Nc2ccc(F)c(-n3nnnc3C)c2)sc2nc(C(F)(F)F)ccc12. The number of aromatic nitrogens is 5. The molecule has 0 fully saturated rings. The Kier molecular flexibility index (Phi) is 4.73. The average Bonchev–Trinajstić information content (AvgIpc) is 3.25. The highest BCUT2D eigenvalue weighted by Gasteiger charge is 2.33. The zero-order valence-corrected chi connectivity index (χ0v) is 16.3. The predicted molar refractivity (Wildman–Crippen MR) is 101 cm³/mol. The van der Waals surface area contributed by atoms with Gasteiger partial charge in [0.05, 0.1) is 4.88 Å². The second kappa shape index (κ2) is 7.13. The van der Waals surface area contributed by atoms with E-state index >= 15 is 0 Å². The van der Waals surface area contributed by atoms with Gasteiger partial charge in [-0.3, -0.25) is 4.79 Å². The van der Waals surface area contributed by atoms with Crippen LogP contribution in [0.15, 0.2) is 30.3 Å². The highest BCUT2D eigenvalue weighted by molar-refractivity contribution is 7.20. The molecule has 3 aromatic heterocycles. The third kappa shape index (κ3) is 3.49. The molecule has 1 amide bonds. The summed E-state index contributed by atoms with van der Waals surface area (Å²) in [7, 11) is 0. The van der Waals surface area contributed by atoms with E-state index in [1.807, 2.05) is 0 Å². The summed E-state index contributed by atoms with van der Waals surface area (Å²) in [5, 5.41) is 13.9. The van der Waals surface area contributed by atoms with Gasteiger partial charge in [0.2, 0.25) is 0 Å². The first-order valence-electron chi connectivity index (χ1n) is 8.49. The van der Waals surface area contributed by atoms with Crippen LogP contribution in [0.1, 0.15) is 26.8 Å². The third-order valence-corrected chi connectivity index (χ3v) is 5.56. The van der Waals surface area contributed by atoms with Gasteiger partial charge in [0, 0.05) is 11.1 Å². The van der Waals surface area contributed by atoms with Crippen LogP contribution in [-0.4, -0.2) is 31.1 Å². The number of halogens is 4. The summed E-state index contributed by atoms with van der Waals surface area (Å²) in [5.74, 6) is -0.787. The van der Waals surface area contributed by atoms with E-state index < -0.39 is 23.6 Å². The molecule has 0 atom stereocenters. The predicted octanol–water partition coefficient (Wildman–Crippen LogP) is 4.30. The molecule has 0 radical (unpaired) electrons. The summed E-state index contributed by atoms with van der Waals surface area (Å²) < 4.78 is 54.1. The van der Waals surface area contributed by atoms with Crippen molar-refractivity contribution in [1.82, 2.24) is 25.2 Å². The van der Waals surface area contributed by atoms with E-state index in [4.69, 9.17) is 0 Å². The highest BCUT2D eigenvalue weighted by Crippen LogP contribution is 2.34. The molecule has 30 heavy (non-hydrogen) atoms. The minimum Gasteiger partial charge on any atom is -0.321 e. The quantitative estimate of drug-likeness (QED) is 0.484. The lowest BCUT2D eigenvalue weighted by Crippen LogP contribution is -2.12. The smallest absolute Gasteiger partial charge is 0.321 e. The van der Waals surface area contributed by atoms with Crippen molar-refractivity contribution in [2.24, 2.45) is 0 Å². The van der Waals surface area contributed by atoms with Gasteiger partial charge in [-0.25, -0.2) is 9.37 Å². The minimum absolute atomic E-state index is 0.0415. The number of tetrazole rings is 1. The number of amides is 1.